The van der Waals surface area contributed by atoms with Crippen molar-refractivity contribution in [3.05, 3.63) is 35.2 Å². The van der Waals surface area contributed by atoms with E-state index in [9.17, 15) is 0 Å². The van der Waals surface area contributed by atoms with Gasteiger partial charge in [0.25, 0.3) is 0 Å². The summed E-state index contributed by atoms with van der Waals surface area (Å²) >= 11 is 1.67. The van der Waals surface area contributed by atoms with Gasteiger partial charge in [0.05, 0.1) is 5.75 Å². The van der Waals surface area contributed by atoms with Gasteiger partial charge in [-0.25, -0.2) is 0 Å². The zero-order valence-corrected chi connectivity index (χ0v) is 11.2. The van der Waals surface area contributed by atoms with Crippen LogP contribution in [0.1, 0.15) is 17.0 Å². The Morgan fingerprint density at radius 2 is 1.72 bits per heavy atom. The van der Waals surface area contributed by atoms with Gasteiger partial charge in [-0.1, -0.05) is 17.7 Å². The van der Waals surface area contributed by atoms with Crippen LogP contribution in [0.2, 0.25) is 0 Å². The molecule has 0 fully saturated rings. The van der Waals surface area contributed by atoms with Crippen LogP contribution in [0.5, 0.6) is 0 Å². The van der Waals surface area contributed by atoms with Gasteiger partial charge < -0.3 is 11.5 Å². The highest BCUT2D eigenvalue weighted by Crippen LogP contribution is 2.26. The lowest BCUT2D eigenvalue weighted by Crippen LogP contribution is -2.05. The molecule has 2 aromatic rings. The van der Waals surface area contributed by atoms with Crippen molar-refractivity contribution in [2.24, 2.45) is 0 Å². The summed E-state index contributed by atoms with van der Waals surface area (Å²) in [6, 6.07) is 6.35. The quantitative estimate of drug-likeness (QED) is 0.821. The molecule has 0 atom stereocenters. The predicted octanol–water partition coefficient (Wildman–Crippen LogP) is 1.95. The van der Waals surface area contributed by atoms with Crippen molar-refractivity contribution in [3.8, 4) is 0 Å². The van der Waals surface area contributed by atoms with Crippen LogP contribution < -0.4 is 11.5 Å². The monoisotopic (exact) mass is 261 g/mol. The first kappa shape index (κ1) is 12.6. The van der Waals surface area contributed by atoms with Gasteiger partial charge in [-0.15, -0.1) is 11.8 Å². The fraction of sp³-hybridized carbons (Fsp3) is 0.250. The summed E-state index contributed by atoms with van der Waals surface area (Å²) in [5.74, 6) is 1.56. The van der Waals surface area contributed by atoms with Gasteiger partial charge in [-0.3, -0.25) is 0 Å². The average molecular weight is 261 g/mol. The zero-order chi connectivity index (χ0) is 13.1. The van der Waals surface area contributed by atoms with E-state index >= 15 is 0 Å². The number of nitrogens with two attached hydrogens (primary N) is 2. The second-order valence-corrected chi connectivity index (χ2v) is 5.04. The second-order valence-electron chi connectivity index (χ2n) is 4.03. The molecule has 18 heavy (non-hydrogen) atoms. The molecule has 0 aliphatic carbocycles. The maximum atomic E-state index is 5.53. The number of hydrogen-bond acceptors (Lipinski definition) is 6. The number of nitrogens with zero attached hydrogens (tertiary/aromatic N) is 3. The van der Waals surface area contributed by atoms with Gasteiger partial charge in [-0.05, 0) is 25.5 Å². The molecule has 94 valence electrons. The first-order valence-electron chi connectivity index (χ1n) is 5.50. The molecule has 1 aromatic carbocycles. The molecule has 4 N–H and O–H groups in total. The van der Waals surface area contributed by atoms with Gasteiger partial charge in [0.15, 0.2) is 0 Å². The highest BCUT2D eigenvalue weighted by molar-refractivity contribution is 7.98. The lowest BCUT2D eigenvalue weighted by Gasteiger charge is -2.06. The Morgan fingerprint density at radius 1 is 1.06 bits per heavy atom. The minimum atomic E-state index is 0.166. The van der Waals surface area contributed by atoms with Crippen molar-refractivity contribution in [3.63, 3.8) is 0 Å². The summed E-state index contributed by atoms with van der Waals surface area (Å²) in [5.41, 5.74) is 13.5. The molecule has 0 aliphatic rings. The summed E-state index contributed by atoms with van der Waals surface area (Å²) in [6.45, 7) is 4.15. The van der Waals surface area contributed by atoms with Gasteiger partial charge >= 0.3 is 0 Å². The highest BCUT2D eigenvalue weighted by atomic mass is 32.2. The average Bonchev–Trinajstić information content (AvgIpc) is 2.29. The molecule has 1 heterocycles. The summed E-state index contributed by atoms with van der Waals surface area (Å²) in [5, 5.41) is 0. The first-order valence-corrected chi connectivity index (χ1v) is 6.49. The Labute approximate surface area is 110 Å². The number of rotatable bonds is 3. The van der Waals surface area contributed by atoms with Gasteiger partial charge in [-0.2, -0.15) is 15.0 Å². The Balaban J connectivity index is 2.13. The van der Waals surface area contributed by atoms with E-state index in [1.54, 1.807) is 11.8 Å². The normalized spacial score (nSPS) is 10.6. The topological polar surface area (TPSA) is 90.7 Å². The summed E-state index contributed by atoms with van der Waals surface area (Å²) in [7, 11) is 0. The number of benzene rings is 1. The van der Waals surface area contributed by atoms with Crippen molar-refractivity contribution in [2.75, 3.05) is 11.5 Å². The van der Waals surface area contributed by atoms with Gasteiger partial charge in [0, 0.05) is 4.90 Å². The molecule has 0 aliphatic heterocycles. The van der Waals surface area contributed by atoms with Crippen molar-refractivity contribution in [1.82, 2.24) is 15.0 Å². The second kappa shape index (κ2) is 5.22. The van der Waals surface area contributed by atoms with Crippen molar-refractivity contribution in [2.45, 2.75) is 24.5 Å². The molecule has 2 rings (SSSR count). The van der Waals surface area contributed by atoms with Crippen LogP contribution in [0.3, 0.4) is 0 Å². The van der Waals surface area contributed by atoms with Gasteiger partial charge in [0.2, 0.25) is 11.9 Å². The summed E-state index contributed by atoms with van der Waals surface area (Å²) in [6.07, 6.45) is 0. The molecule has 6 heteroatoms. The fourth-order valence-electron chi connectivity index (χ4n) is 1.53. The molecule has 0 amide bonds. The van der Waals surface area contributed by atoms with Crippen molar-refractivity contribution >= 4 is 23.7 Å². The zero-order valence-electron chi connectivity index (χ0n) is 10.3. The third kappa shape index (κ3) is 3.10. The minimum absolute atomic E-state index is 0.166. The third-order valence-electron chi connectivity index (χ3n) is 2.42. The molecule has 0 bridgehead atoms. The Bertz CT molecular complexity index is 550. The highest BCUT2D eigenvalue weighted by Gasteiger charge is 2.05. The maximum absolute atomic E-state index is 5.53. The van der Waals surface area contributed by atoms with E-state index in [2.05, 4.69) is 47.0 Å². The fourth-order valence-corrected chi connectivity index (χ4v) is 2.51. The van der Waals surface area contributed by atoms with Crippen LogP contribution in [0, 0.1) is 13.8 Å². The summed E-state index contributed by atoms with van der Waals surface area (Å²) in [4.78, 5) is 13.1. The van der Waals surface area contributed by atoms with Crippen LogP contribution in [0.25, 0.3) is 0 Å². The van der Waals surface area contributed by atoms with Crippen LogP contribution in [-0.4, -0.2) is 15.0 Å². The predicted molar refractivity (Wildman–Crippen MR) is 74.1 cm³/mol. The Kier molecular flexibility index (Phi) is 3.66. The van der Waals surface area contributed by atoms with E-state index in [0.29, 0.717) is 11.6 Å². The molecule has 0 spiro atoms. The SMILES string of the molecule is Cc1ccc(C)c(SCc2nc(N)nc(N)n2)c1. The van der Waals surface area contributed by atoms with E-state index in [1.165, 1.54) is 16.0 Å². The largest absolute Gasteiger partial charge is 0.368 e. The van der Waals surface area contributed by atoms with E-state index in [4.69, 9.17) is 11.5 Å². The number of thioether (sulfide) groups is 1. The number of aromatic nitrogens is 3. The first-order chi connectivity index (χ1) is 8.54. The van der Waals surface area contributed by atoms with Crippen LogP contribution >= 0.6 is 11.8 Å². The Morgan fingerprint density at radius 3 is 2.39 bits per heavy atom. The molecule has 0 radical (unpaired) electrons. The molecular weight excluding hydrogens is 246 g/mol. The van der Waals surface area contributed by atoms with E-state index in [0.717, 1.165) is 0 Å². The van der Waals surface area contributed by atoms with E-state index in [-0.39, 0.29) is 11.9 Å². The van der Waals surface area contributed by atoms with Crippen molar-refractivity contribution < 1.29 is 0 Å². The molecule has 5 nitrogen and oxygen atoms in total. The lowest BCUT2D eigenvalue weighted by atomic mass is 10.2. The molecular formula is C12H15N5S. The summed E-state index contributed by atoms with van der Waals surface area (Å²) < 4.78 is 0. The number of hydrogen-bond donors (Lipinski definition) is 2. The molecule has 1 aromatic heterocycles. The standard InChI is InChI=1S/C12H15N5S/c1-7-3-4-8(2)9(5-7)18-6-10-15-11(13)17-12(14)16-10/h3-5H,6H2,1-2H3,(H4,13,14,15,16,17). The van der Waals surface area contributed by atoms with Crippen LogP contribution in [-0.2, 0) is 5.75 Å². The molecule has 0 saturated heterocycles. The van der Waals surface area contributed by atoms with Crippen LogP contribution in [0.15, 0.2) is 23.1 Å². The van der Waals surface area contributed by atoms with Crippen molar-refractivity contribution in [1.29, 1.82) is 0 Å². The van der Waals surface area contributed by atoms with E-state index < -0.39 is 0 Å². The third-order valence-corrected chi connectivity index (χ3v) is 3.57. The van der Waals surface area contributed by atoms with Crippen LogP contribution in [0.4, 0.5) is 11.9 Å². The Hall–Kier alpha value is -1.82. The minimum Gasteiger partial charge on any atom is -0.368 e. The van der Waals surface area contributed by atoms with Gasteiger partial charge in [0.1, 0.15) is 5.82 Å². The lowest BCUT2D eigenvalue weighted by molar-refractivity contribution is 0.987. The maximum Gasteiger partial charge on any atom is 0.225 e. The molecule has 0 saturated carbocycles. The number of aryl methyl sites for hydroxylation is 2. The van der Waals surface area contributed by atoms with E-state index in [1.807, 2.05) is 0 Å². The molecule has 0 unspecified atom stereocenters. The smallest absolute Gasteiger partial charge is 0.225 e. The number of nitrogen functional groups attached to an aromatic ring is 2. The number of anilines is 2.